The van der Waals surface area contributed by atoms with Gasteiger partial charge in [-0.1, -0.05) is 45.1 Å². The molecular formula is C27H35N3O5S2. The van der Waals surface area contributed by atoms with Crippen LogP contribution in [0.3, 0.4) is 0 Å². The standard InChI is InChI=1S/C27H35N3O5S2/c1-7-35-25(31)17-30-23-13-8-20(6)14-24(23)36-27(30)28-26(32)21-9-11-22(12-10-21)37(33,34)29(15-18(2)3)16-19(4)5/h8-14,18-19H,7,15-17H2,1-6H3. The fourth-order valence-electron chi connectivity index (χ4n) is 3.91. The molecule has 0 saturated carbocycles. The van der Waals surface area contributed by atoms with Crippen molar-refractivity contribution in [2.24, 2.45) is 16.8 Å². The summed E-state index contributed by atoms with van der Waals surface area (Å²) < 4.78 is 35.7. The Morgan fingerprint density at radius 2 is 1.65 bits per heavy atom. The minimum Gasteiger partial charge on any atom is -0.465 e. The number of aromatic nitrogens is 1. The molecule has 37 heavy (non-hydrogen) atoms. The maximum atomic E-state index is 13.3. The highest BCUT2D eigenvalue weighted by Gasteiger charge is 2.26. The molecule has 3 rings (SSSR count). The number of fused-ring (bicyclic) bond motifs is 1. The van der Waals surface area contributed by atoms with E-state index in [-0.39, 0.29) is 35.4 Å². The van der Waals surface area contributed by atoms with Crippen LogP contribution in [0.15, 0.2) is 52.4 Å². The number of carbonyl (C=O) groups is 2. The number of amides is 1. The van der Waals surface area contributed by atoms with Crippen molar-refractivity contribution in [3.05, 3.63) is 58.4 Å². The number of esters is 1. The van der Waals surface area contributed by atoms with Crippen molar-refractivity contribution >= 4 is 43.5 Å². The fourth-order valence-corrected chi connectivity index (χ4v) is 6.80. The summed E-state index contributed by atoms with van der Waals surface area (Å²) in [5.74, 6) is -0.580. The van der Waals surface area contributed by atoms with Crippen molar-refractivity contribution in [1.29, 1.82) is 0 Å². The largest absolute Gasteiger partial charge is 0.465 e. The Morgan fingerprint density at radius 1 is 1.03 bits per heavy atom. The maximum Gasteiger partial charge on any atom is 0.326 e. The van der Waals surface area contributed by atoms with Crippen LogP contribution in [-0.2, 0) is 26.1 Å². The molecule has 0 saturated heterocycles. The summed E-state index contributed by atoms with van der Waals surface area (Å²) in [4.78, 5) is 30.1. The minimum atomic E-state index is -3.70. The number of sulfonamides is 1. The second kappa shape index (κ2) is 12.1. The van der Waals surface area contributed by atoms with Gasteiger partial charge in [-0.15, -0.1) is 0 Å². The van der Waals surface area contributed by atoms with Gasteiger partial charge in [-0.25, -0.2) is 8.42 Å². The van der Waals surface area contributed by atoms with Gasteiger partial charge in [0, 0.05) is 18.7 Å². The Bertz CT molecular complexity index is 1420. The summed E-state index contributed by atoms with van der Waals surface area (Å²) in [6.45, 7) is 12.7. The molecule has 1 aromatic heterocycles. The number of hydrogen-bond donors (Lipinski definition) is 0. The number of rotatable bonds is 10. The van der Waals surface area contributed by atoms with E-state index in [0.717, 1.165) is 15.8 Å². The molecule has 10 heteroatoms. The van der Waals surface area contributed by atoms with E-state index in [4.69, 9.17) is 4.74 Å². The molecule has 8 nitrogen and oxygen atoms in total. The third-order valence-corrected chi connectivity index (χ3v) is 8.39. The molecule has 1 heterocycles. The normalized spacial score (nSPS) is 12.7. The molecule has 1 amide bonds. The number of nitrogens with zero attached hydrogens (tertiary/aromatic N) is 3. The molecule has 0 spiro atoms. The smallest absolute Gasteiger partial charge is 0.326 e. The summed E-state index contributed by atoms with van der Waals surface area (Å²) in [6, 6.07) is 11.7. The topological polar surface area (TPSA) is 98.0 Å². The molecule has 200 valence electrons. The van der Waals surface area contributed by atoms with Crippen LogP contribution in [0.2, 0.25) is 0 Å². The van der Waals surface area contributed by atoms with Crippen LogP contribution in [0.4, 0.5) is 0 Å². The summed E-state index contributed by atoms with van der Waals surface area (Å²) in [6.07, 6.45) is 0. The summed E-state index contributed by atoms with van der Waals surface area (Å²) >= 11 is 1.31. The molecular weight excluding hydrogens is 510 g/mol. The van der Waals surface area contributed by atoms with Crippen molar-refractivity contribution in [3.8, 4) is 0 Å². The summed E-state index contributed by atoms with van der Waals surface area (Å²) in [5, 5.41) is 0. The Balaban J connectivity index is 1.96. The van der Waals surface area contributed by atoms with Crippen LogP contribution in [0.5, 0.6) is 0 Å². The van der Waals surface area contributed by atoms with Gasteiger partial charge in [0.15, 0.2) is 4.80 Å². The lowest BCUT2D eigenvalue weighted by molar-refractivity contribution is -0.143. The van der Waals surface area contributed by atoms with Crippen molar-refractivity contribution < 1.29 is 22.7 Å². The summed E-state index contributed by atoms with van der Waals surface area (Å²) in [7, 11) is -3.70. The number of hydrogen-bond acceptors (Lipinski definition) is 6. The molecule has 0 aliphatic rings. The highest BCUT2D eigenvalue weighted by Crippen LogP contribution is 2.21. The molecule has 0 atom stereocenters. The molecule has 0 aliphatic heterocycles. The van der Waals surface area contributed by atoms with Gasteiger partial charge < -0.3 is 9.30 Å². The fraction of sp³-hybridized carbons (Fsp3) is 0.444. The quantitative estimate of drug-likeness (QED) is 0.346. The van der Waals surface area contributed by atoms with Crippen LogP contribution >= 0.6 is 11.3 Å². The number of ether oxygens (including phenoxy) is 1. The monoisotopic (exact) mass is 545 g/mol. The van der Waals surface area contributed by atoms with E-state index in [1.54, 1.807) is 11.5 Å². The van der Waals surface area contributed by atoms with Crippen molar-refractivity contribution in [2.75, 3.05) is 19.7 Å². The van der Waals surface area contributed by atoms with Crippen LogP contribution in [0.1, 0.15) is 50.5 Å². The zero-order chi connectivity index (χ0) is 27.3. The van der Waals surface area contributed by atoms with Crippen molar-refractivity contribution in [2.45, 2.75) is 53.0 Å². The lowest BCUT2D eigenvalue weighted by Crippen LogP contribution is -2.37. The van der Waals surface area contributed by atoms with Gasteiger partial charge in [0.25, 0.3) is 5.91 Å². The molecule has 0 aliphatic carbocycles. The second-order valence-corrected chi connectivity index (χ2v) is 12.7. The second-order valence-electron chi connectivity index (χ2n) is 9.80. The number of carbonyl (C=O) groups excluding carboxylic acids is 2. The Labute approximate surface area is 222 Å². The van der Waals surface area contributed by atoms with Crippen LogP contribution in [0.25, 0.3) is 10.2 Å². The van der Waals surface area contributed by atoms with E-state index < -0.39 is 21.9 Å². The van der Waals surface area contributed by atoms with Crippen LogP contribution in [0, 0.1) is 18.8 Å². The van der Waals surface area contributed by atoms with E-state index in [1.807, 2.05) is 52.8 Å². The zero-order valence-corrected chi connectivity index (χ0v) is 23.9. The Kier molecular flexibility index (Phi) is 9.44. The Morgan fingerprint density at radius 3 is 2.22 bits per heavy atom. The zero-order valence-electron chi connectivity index (χ0n) is 22.2. The predicted octanol–water partition coefficient (Wildman–Crippen LogP) is 4.62. The third-order valence-electron chi connectivity index (χ3n) is 5.50. The van der Waals surface area contributed by atoms with Gasteiger partial charge in [-0.3, -0.25) is 9.59 Å². The molecule has 0 unspecified atom stereocenters. The number of aryl methyl sites for hydroxylation is 1. The van der Waals surface area contributed by atoms with Gasteiger partial charge in [0.2, 0.25) is 10.0 Å². The number of benzene rings is 2. The molecule has 2 aromatic carbocycles. The lowest BCUT2D eigenvalue weighted by Gasteiger charge is -2.25. The maximum absolute atomic E-state index is 13.3. The first-order chi connectivity index (χ1) is 17.4. The first kappa shape index (κ1) is 28.7. The van der Waals surface area contributed by atoms with Crippen LogP contribution < -0.4 is 4.80 Å². The minimum absolute atomic E-state index is 0.0677. The first-order valence-electron chi connectivity index (χ1n) is 12.4. The Hall–Kier alpha value is -2.82. The van der Waals surface area contributed by atoms with Crippen molar-refractivity contribution in [1.82, 2.24) is 8.87 Å². The molecule has 0 radical (unpaired) electrons. The van der Waals surface area contributed by atoms with E-state index in [0.29, 0.717) is 17.9 Å². The van der Waals surface area contributed by atoms with Gasteiger partial charge in [-0.05, 0) is 67.6 Å². The highest BCUT2D eigenvalue weighted by molar-refractivity contribution is 7.89. The van der Waals surface area contributed by atoms with Crippen LogP contribution in [-0.4, -0.2) is 48.9 Å². The average Bonchev–Trinajstić information content (AvgIpc) is 3.13. The van der Waals surface area contributed by atoms with Gasteiger partial charge in [0.05, 0.1) is 21.7 Å². The first-order valence-corrected chi connectivity index (χ1v) is 14.6. The van der Waals surface area contributed by atoms with E-state index in [9.17, 15) is 18.0 Å². The SMILES string of the molecule is CCOC(=O)Cn1c(=NC(=O)c2ccc(S(=O)(=O)N(CC(C)C)CC(C)C)cc2)sc2cc(C)ccc21. The van der Waals surface area contributed by atoms with Gasteiger partial charge >= 0.3 is 5.97 Å². The summed E-state index contributed by atoms with van der Waals surface area (Å²) in [5.41, 5.74) is 2.09. The van der Waals surface area contributed by atoms with E-state index in [2.05, 4.69) is 4.99 Å². The van der Waals surface area contributed by atoms with Gasteiger partial charge in [-0.2, -0.15) is 9.30 Å². The van der Waals surface area contributed by atoms with E-state index >= 15 is 0 Å². The highest BCUT2D eigenvalue weighted by atomic mass is 32.2. The lowest BCUT2D eigenvalue weighted by atomic mass is 10.2. The molecule has 3 aromatic rings. The molecule has 0 N–H and O–H groups in total. The van der Waals surface area contributed by atoms with Crippen molar-refractivity contribution in [3.63, 3.8) is 0 Å². The third kappa shape index (κ3) is 7.15. The molecule has 0 bridgehead atoms. The molecule has 0 fully saturated rings. The predicted molar refractivity (Wildman–Crippen MR) is 146 cm³/mol. The average molecular weight is 546 g/mol. The van der Waals surface area contributed by atoms with Gasteiger partial charge in [0.1, 0.15) is 6.54 Å². The van der Waals surface area contributed by atoms with E-state index in [1.165, 1.54) is 39.9 Å². The number of thiazole rings is 1.